The van der Waals surface area contributed by atoms with Crippen LogP contribution in [-0.4, -0.2) is 39.5 Å². The Labute approximate surface area is 210 Å². The summed E-state index contributed by atoms with van der Waals surface area (Å²) in [5.41, 5.74) is 4.08. The second-order valence-electron chi connectivity index (χ2n) is 8.92. The predicted molar refractivity (Wildman–Crippen MR) is 132 cm³/mol. The zero-order valence-corrected chi connectivity index (χ0v) is 20.0. The molecule has 1 amide bonds. The lowest BCUT2D eigenvalue weighted by Gasteiger charge is -2.28. The molecule has 2 unspecified atom stereocenters. The number of aliphatic imine (C=N–C) groups is 1. The van der Waals surface area contributed by atoms with Gasteiger partial charge in [-0.15, -0.1) is 0 Å². The molecule has 0 saturated carbocycles. The molecule has 1 aliphatic rings. The molecule has 2 aromatic heterocycles. The lowest BCUT2D eigenvalue weighted by molar-refractivity contribution is -0.186. The maximum atomic E-state index is 13.5. The number of Topliss-reactive ketones (excluding diaryl/α,β-unsaturated/α-hetero) is 1. The van der Waals surface area contributed by atoms with Crippen molar-refractivity contribution in [3.63, 3.8) is 0 Å². The summed E-state index contributed by atoms with van der Waals surface area (Å²) in [4.78, 5) is 41.7. The van der Waals surface area contributed by atoms with Crippen LogP contribution in [0.1, 0.15) is 57.3 Å². The minimum absolute atomic E-state index is 0.0449. The van der Waals surface area contributed by atoms with Crippen molar-refractivity contribution < 1.29 is 22.8 Å². The van der Waals surface area contributed by atoms with Gasteiger partial charge in [-0.1, -0.05) is 32.1 Å². The van der Waals surface area contributed by atoms with Crippen LogP contribution in [0.25, 0.3) is 5.57 Å². The number of amides is 1. The fourth-order valence-electron chi connectivity index (χ4n) is 4.10. The van der Waals surface area contributed by atoms with Crippen LogP contribution >= 0.6 is 0 Å². The van der Waals surface area contributed by atoms with Crippen LogP contribution in [0.2, 0.25) is 0 Å². The number of carbonyl (C=O) groups excluding carboxylic acids is 2. The number of nitrogens with one attached hydrogen (secondary N) is 1. The Kier molecular flexibility index (Phi) is 6.74. The first-order valence-electron chi connectivity index (χ1n) is 11.2. The SMILES string of the molecule is C=NC(N)(c1cccc(C(=O)Nc2cncc(C(=O)C3=CC(C(C)C)c4ncncc43)c2)c1)C(F)(F)F. The highest BCUT2D eigenvalue weighted by molar-refractivity contribution is 6.30. The van der Waals surface area contributed by atoms with Crippen LogP contribution < -0.4 is 11.1 Å². The van der Waals surface area contributed by atoms with Crippen LogP contribution in [-0.2, 0) is 5.66 Å². The molecule has 2 heterocycles. The zero-order chi connectivity index (χ0) is 27.0. The summed E-state index contributed by atoms with van der Waals surface area (Å²) >= 11 is 0. The van der Waals surface area contributed by atoms with E-state index in [-0.39, 0.29) is 34.4 Å². The number of hydrogen-bond donors (Lipinski definition) is 2. The molecule has 0 saturated heterocycles. The second kappa shape index (κ2) is 9.66. The van der Waals surface area contributed by atoms with Gasteiger partial charge in [0, 0.05) is 46.1 Å². The molecule has 3 aromatic rings. The number of anilines is 1. The molecule has 3 N–H and O–H groups in total. The average molecular weight is 509 g/mol. The van der Waals surface area contributed by atoms with E-state index in [2.05, 4.69) is 32.0 Å². The van der Waals surface area contributed by atoms with Crippen molar-refractivity contribution in [2.45, 2.75) is 31.6 Å². The third kappa shape index (κ3) is 4.77. The number of rotatable bonds is 7. The highest BCUT2D eigenvalue weighted by Gasteiger charge is 2.53. The summed E-state index contributed by atoms with van der Waals surface area (Å²) < 4.78 is 40.4. The van der Waals surface area contributed by atoms with Gasteiger partial charge < -0.3 is 5.32 Å². The molecule has 2 atom stereocenters. The number of halogens is 3. The van der Waals surface area contributed by atoms with Crippen molar-refractivity contribution in [3.05, 3.63) is 89.3 Å². The number of pyridine rings is 1. The van der Waals surface area contributed by atoms with Gasteiger partial charge in [-0.3, -0.25) is 25.3 Å². The molecule has 0 spiro atoms. The number of hydrogen-bond acceptors (Lipinski definition) is 7. The molecule has 0 bridgehead atoms. The van der Waals surface area contributed by atoms with Gasteiger partial charge in [0.05, 0.1) is 17.6 Å². The molecule has 0 fully saturated rings. The normalized spacial score (nSPS) is 16.5. The molecule has 37 heavy (non-hydrogen) atoms. The first-order chi connectivity index (χ1) is 17.5. The fourth-order valence-corrected chi connectivity index (χ4v) is 4.10. The molecule has 0 aliphatic heterocycles. The predicted octanol–water partition coefficient (Wildman–Crippen LogP) is 4.52. The second-order valence-corrected chi connectivity index (χ2v) is 8.92. The molecular weight excluding hydrogens is 485 g/mol. The standard InChI is InChI=1S/C26H23F3N6O2/c1-14(2)19-9-20(21-12-33-13-34-22(19)21)23(36)16-8-18(11-32-10-16)35-24(37)15-5-4-6-17(7-15)25(30,31-3)26(27,28)29/h4-14,19H,3,30H2,1-2H3,(H,35,37). The third-order valence-corrected chi connectivity index (χ3v) is 6.16. The smallest absolute Gasteiger partial charge is 0.321 e. The van der Waals surface area contributed by atoms with E-state index >= 15 is 0 Å². The number of fused-ring (bicyclic) bond motifs is 1. The third-order valence-electron chi connectivity index (χ3n) is 6.16. The largest absolute Gasteiger partial charge is 0.431 e. The molecule has 4 rings (SSSR count). The average Bonchev–Trinajstić information content (AvgIpc) is 3.27. The van der Waals surface area contributed by atoms with E-state index in [0.717, 1.165) is 17.8 Å². The Morgan fingerprint density at radius 3 is 2.54 bits per heavy atom. The fraction of sp³-hybridized carbons (Fsp3) is 0.231. The van der Waals surface area contributed by atoms with Crippen LogP contribution in [0.5, 0.6) is 0 Å². The van der Waals surface area contributed by atoms with Crippen LogP contribution in [0, 0.1) is 5.92 Å². The van der Waals surface area contributed by atoms with E-state index in [1.807, 2.05) is 19.9 Å². The first kappa shape index (κ1) is 25.8. The van der Waals surface area contributed by atoms with Gasteiger partial charge in [0.25, 0.3) is 5.91 Å². The van der Waals surface area contributed by atoms with E-state index in [1.165, 1.54) is 36.9 Å². The van der Waals surface area contributed by atoms with Crippen LogP contribution in [0.3, 0.4) is 0 Å². The number of nitrogens with two attached hydrogens (primary N) is 1. The van der Waals surface area contributed by atoms with Gasteiger partial charge in [-0.2, -0.15) is 13.2 Å². The van der Waals surface area contributed by atoms with Crippen LogP contribution in [0.15, 0.2) is 66.3 Å². The van der Waals surface area contributed by atoms with E-state index in [9.17, 15) is 22.8 Å². The number of benzene rings is 1. The molecule has 1 aromatic carbocycles. The Morgan fingerprint density at radius 2 is 1.86 bits per heavy atom. The van der Waals surface area contributed by atoms with Gasteiger partial charge >= 0.3 is 6.18 Å². The maximum absolute atomic E-state index is 13.5. The van der Waals surface area contributed by atoms with Gasteiger partial charge in [0.1, 0.15) is 6.33 Å². The van der Waals surface area contributed by atoms with Crippen molar-refractivity contribution in [1.29, 1.82) is 0 Å². The molecular formula is C26H23F3N6O2. The Morgan fingerprint density at radius 1 is 1.11 bits per heavy atom. The van der Waals surface area contributed by atoms with E-state index in [1.54, 1.807) is 6.20 Å². The highest BCUT2D eigenvalue weighted by atomic mass is 19.4. The van der Waals surface area contributed by atoms with E-state index < -0.39 is 23.3 Å². The summed E-state index contributed by atoms with van der Waals surface area (Å²) in [7, 11) is 0. The lowest BCUT2D eigenvalue weighted by atomic mass is 9.95. The van der Waals surface area contributed by atoms with Crippen molar-refractivity contribution in [1.82, 2.24) is 15.0 Å². The Balaban J connectivity index is 1.59. The summed E-state index contributed by atoms with van der Waals surface area (Å²) in [5, 5.41) is 2.56. The number of alkyl halides is 3. The number of nitrogens with zero attached hydrogens (tertiary/aromatic N) is 4. The van der Waals surface area contributed by atoms with Crippen molar-refractivity contribution in [3.8, 4) is 0 Å². The lowest BCUT2D eigenvalue weighted by Crippen LogP contribution is -2.48. The summed E-state index contributed by atoms with van der Waals surface area (Å²) in [5.74, 6) is -0.878. The van der Waals surface area contributed by atoms with Crippen LogP contribution in [0.4, 0.5) is 18.9 Å². The first-order valence-corrected chi connectivity index (χ1v) is 11.2. The molecule has 190 valence electrons. The zero-order valence-electron chi connectivity index (χ0n) is 20.0. The van der Waals surface area contributed by atoms with Gasteiger partial charge in [-0.25, -0.2) is 9.97 Å². The number of ketones is 1. The molecule has 1 aliphatic carbocycles. The number of carbonyl (C=O) groups is 2. The molecule has 0 radical (unpaired) electrons. The maximum Gasteiger partial charge on any atom is 0.431 e. The monoisotopic (exact) mass is 508 g/mol. The van der Waals surface area contributed by atoms with Crippen molar-refractivity contribution in [2.75, 3.05) is 5.32 Å². The number of allylic oxidation sites excluding steroid dienone is 2. The van der Waals surface area contributed by atoms with Crippen molar-refractivity contribution >= 4 is 29.7 Å². The summed E-state index contributed by atoms with van der Waals surface area (Å²) in [6.07, 6.45) is 2.66. The topological polar surface area (TPSA) is 123 Å². The minimum Gasteiger partial charge on any atom is -0.321 e. The minimum atomic E-state index is -4.92. The Bertz CT molecular complexity index is 1420. The van der Waals surface area contributed by atoms with Gasteiger partial charge in [0.2, 0.25) is 5.66 Å². The van der Waals surface area contributed by atoms with Gasteiger partial charge in [0.15, 0.2) is 5.78 Å². The van der Waals surface area contributed by atoms with E-state index in [0.29, 0.717) is 11.1 Å². The van der Waals surface area contributed by atoms with Gasteiger partial charge in [-0.05, 0) is 30.8 Å². The number of aromatic nitrogens is 3. The highest BCUT2D eigenvalue weighted by Crippen LogP contribution is 2.40. The molecule has 11 heteroatoms. The van der Waals surface area contributed by atoms with Crippen molar-refractivity contribution in [2.24, 2.45) is 16.6 Å². The quantitative estimate of drug-likeness (QED) is 0.357. The van der Waals surface area contributed by atoms with E-state index in [4.69, 9.17) is 5.73 Å². The summed E-state index contributed by atoms with van der Waals surface area (Å²) in [6.45, 7) is 7.02. The Hall–Kier alpha value is -4.25. The summed E-state index contributed by atoms with van der Waals surface area (Å²) in [6, 6.07) is 6.14. The molecule has 8 nitrogen and oxygen atoms in total.